The fourth-order valence-corrected chi connectivity index (χ4v) is 2.36. The number of H-pyrrole nitrogens is 1. The molecule has 0 aliphatic carbocycles. The number of hydrogen-bond donors (Lipinski definition) is 1. The predicted octanol–water partition coefficient (Wildman–Crippen LogP) is 2.22. The molecule has 1 N–H and O–H groups in total. The number of fused-ring (bicyclic) bond motifs is 1. The molecule has 0 radical (unpaired) electrons. The Bertz CT molecular complexity index is 874. The molecule has 0 atom stereocenters. The van der Waals surface area contributed by atoms with Gasteiger partial charge in [0, 0.05) is 11.5 Å². The highest BCUT2D eigenvalue weighted by Crippen LogP contribution is 2.21. The van der Waals surface area contributed by atoms with E-state index in [1.165, 1.54) is 19.2 Å². The van der Waals surface area contributed by atoms with E-state index >= 15 is 0 Å². The average molecular weight is 267 g/mol. The zero-order valence-corrected chi connectivity index (χ0v) is 11.2. The zero-order valence-electron chi connectivity index (χ0n) is 11.2. The van der Waals surface area contributed by atoms with E-state index in [0.29, 0.717) is 11.3 Å². The van der Waals surface area contributed by atoms with E-state index in [1.807, 2.05) is 31.2 Å². The Morgan fingerprint density at radius 1 is 1.30 bits per heavy atom. The summed E-state index contributed by atoms with van der Waals surface area (Å²) in [6.45, 7) is 3.32. The topological polar surface area (TPSA) is 67.8 Å². The molecule has 0 aliphatic rings. The van der Waals surface area contributed by atoms with Gasteiger partial charge in [-0.1, -0.05) is 18.2 Å². The first kappa shape index (κ1) is 12.3. The van der Waals surface area contributed by atoms with Crippen LogP contribution in [0.1, 0.15) is 23.0 Å². The van der Waals surface area contributed by atoms with Gasteiger partial charge >= 0.3 is 0 Å². The molecular formula is C15H13N3O2. The van der Waals surface area contributed by atoms with Gasteiger partial charge in [0.1, 0.15) is 0 Å². The first-order valence-corrected chi connectivity index (χ1v) is 6.26. The highest BCUT2D eigenvalue weighted by molar-refractivity contribution is 5.95. The smallest absolute Gasteiger partial charge is 0.250 e. The number of nitrogens with zero attached hydrogens (tertiary/aromatic N) is 2. The van der Waals surface area contributed by atoms with Crippen molar-refractivity contribution in [2.75, 3.05) is 0 Å². The minimum absolute atomic E-state index is 0.0390. The van der Waals surface area contributed by atoms with Gasteiger partial charge in [-0.2, -0.15) is 5.10 Å². The van der Waals surface area contributed by atoms with E-state index in [9.17, 15) is 9.59 Å². The van der Waals surface area contributed by atoms with Crippen LogP contribution in [0.25, 0.3) is 16.6 Å². The van der Waals surface area contributed by atoms with Crippen molar-refractivity contribution >= 4 is 16.7 Å². The van der Waals surface area contributed by atoms with Gasteiger partial charge in [-0.3, -0.25) is 9.59 Å². The fourth-order valence-electron chi connectivity index (χ4n) is 2.36. The monoisotopic (exact) mass is 267 g/mol. The molecule has 0 unspecified atom stereocenters. The van der Waals surface area contributed by atoms with Gasteiger partial charge in [0.25, 0.3) is 5.56 Å². The lowest BCUT2D eigenvalue weighted by atomic mass is 10.1. The van der Waals surface area contributed by atoms with Crippen LogP contribution in [0.3, 0.4) is 0 Å². The standard InChI is InChI=1S/C15H13N3O2/c1-9-12(10(2)19)8-16-18(9)14-7-15(20)17-13-6-4-3-5-11(13)14/h3-8H,1-2H3,(H,17,20). The molecule has 0 fully saturated rings. The Labute approximate surface area is 114 Å². The lowest BCUT2D eigenvalue weighted by Crippen LogP contribution is -2.10. The van der Waals surface area contributed by atoms with Gasteiger partial charge in [-0.05, 0) is 19.9 Å². The van der Waals surface area contributed by atoms with Gasteiger partial charge in [0.2, 0.25) is 0 Å². The third-order valence-electron chi connectivity index (χ3n) is 3.35. The molecule has 0 bridgehead atoms. The lowest BCUT2D eigenvalue weighted by Gasteiger charge is -2.08. The number of benzene rings is 1. The van der Waals surface area contributed by atoms with Gasteiger partial charge in [-0.15, -0.1) is 0 Å². The van der Waals surface area contributed by atoms with E-state index in [-0.39, 0.29) is 11.3 Å². The second-order valence-electron chi connectivity index (χ2n) is 4.68. The van der Waals surface area contributed by atoms with Crippen molar-refractivity contribution in [2.45, 2.75) is 13.8 Å². The van der Waals surface area contributed by atoms with Crippen LogP contribution in [0.4, 0.5) is 0 Å². The Morgan fingerprint density at radius 2 is 2.05 bits per heavy atom. The zero-order chi connectivity index (χ0) is 14.3. The third kappa shape index (κ3) is 1.84. The van der Waals surface area contributed by atoms with Crippen molar-refractivity contribution < 1.29 is 4.79 Å². The quantitative estimate of drug-likeness (QED) is 0.724. The molecule has 100 valence electrons. The number of nitrogens with one attached hydrogen (secondary N) is 1. The maximum absolute atomic E-state index is 11.8. The van der Waals surface area contributed by atoms with Crippen LogP contribution in [0.2, 0.25) is 0 Å². The second kappa shape index (κ2) is 4.45. The summed E-state index contributed by atoms with van der Waals surface area (Å²) in [6, 6.07) is 9.00. The summed E-state index contributed by atoms with van der Waals surface area (Å²) >= 11 is 0. The molecule has 0 saturated heterocycles. The van der Waals surface area contributed by atoms with Gasteiger partial charge in [0.15, 0.2) is 5.78 Å². The highest BCUT2D eigenvalue weighted by atomic mass is 16.1. The van der Waals surface area contributed by atoms with Crippen LogP contribution < -0.4 is 5.56 Å². The minimum Gasteiger partial charge on any atom is -0.322 e. The first-order valence-electron chi connectivity index (χ1n) is 6.26. The molecule has 0 spiro atoms. The highest BCUT2D eigenvalue weighted by Gasteiger charge is 2.14. The molecule has 5 nitrogen and oxygen atoms in total. The molecule has 0 aliphatic heterocycles. The maximum Gasteiger partial charge on any atom is 0.250 e. The summed E-state index contributed by atoms with van der Waals surface area (Å²) in [7, 11) is 0. The van der Waals surface area contributed by atoms with Crippen LogP contribution >= 0.6 is 0 Å². The molecule has 3 rings (SSSR count). The van der Waals surface area contributed by atoms with Gasteiger partial charge < -0.3 is 4.98 Å². The summed E-state index contributed by atoms with van der Waals surface area (Å²) in [5.41, 5.74) is 2.52. The first-order chi connectivity index (χ1) is 9.58. The van der Waals surface area contributed by atoms with Crippen molar-refractivity contribution in [3.8, 4) is 5.69 Å². The number of ketones is 1. The third-order valence-corrected chi connectivity index (χ3v) is 3.35. The number of aromatic amines is 1. The van der Waals surface area contributed by atoms with Crippen molar-refractivity contribution in [1.82, 2.24) is 14.8 Å². The van der Waals surface area contributed by atoms with Crippen LogP contribution in [0.15, 0.2) is 41.3 Å². The van der Waals surface area contributed by atoms with E-state index < -0.39 is 0 Å². The minimum atomic E-state index is -0.196. The maximum atomic E-state index is 11.8. The van der Waals surface area contributed by atoms with Crippen molar-refractivity contribution in [3.05, 3.63) is 58.1 Å². The van der Waals surface area contributed by atoms with Crippen LogP contribution in [0.5, 0.6) is 0 Å². The summed E-state index contributed by atoms with van der Waals surface area (Å²) in [5.74, 6) is -0.0390. The predicted molar refractivity (Wildman–Crippen MR) is 76.4 cm³/mol. The Hall–Kier alpha value is -2.69. The normalized spacial score (nSPS) is 10.9. The van der Waals surface area contributed by atoms with Crippen LogP contribution in [0, 0.1) is 6.92 Å². The van der Waals surface area contributed by atoms with E-state index in [2.05, 4.69) is 10.1 Å². The largest absolute Gasteiger partial charge is 0.322 e. The van der Waals surface area contributed by atoms with Crippen LogP contribution in [-0.2, 0) is 0 Å². The molecule has 2 aromatic heterocycles. The number of aromatic nitrogens is 3. The number of rotatable bonds is 2. The molecule has 3 aromatic rings. The SMILES string of the molecule is CC(=O)c1cnn(-c2cc(=O)[nH]c3ccccc23)c1C. The van der Waals surface area contributed by atoms with E-state index in [0.717, 1.165) is 16.6 Å². The van der Waals surface area contributed by atoms with E-state index in [4.69, 9.17) is 0 Å². The molecular weight excluding hydrogens is 254 g/mol. The Kier molecular flexibility index (Phi) is 2.75. The number of carbonyl (C=O) groups is 1. The van der Waals surface area contributed by atoms with Crippen molar-refractivity contribution in [2.24, 2.45) is 0 Å². The average Bonchev–Trinajstić information content (AvgIpc) is 2.79. The molecule has 20 heavy (non-hydrogen) atoms. The number of carbonyl (C=O) groups excluding carboxylic acids is 1. The van der Waals surface area contributed by atoms with E-state index in [1.54, 1.807) is 4.68 Å². The molecule has 1 aromatic carbocycles. The molecule has 2 heterocycles. The van der Waals surface area contributed by atoms with Crippen LogP contribution in [-0.4, -0.2) is 20.5 Å². The van der Waals surface area contributed by atoms with Crippen molar-refractivity contribution in [1.29, 1.82) is 0 Å². The number of para-hydroxylation sites is 1. The Morgan fingerprint density at radius 3 is 2.75 bits per heavy atom. The van der Waals surface area contributed by atoms with Gasteiger partial charge in [0.05, 0.1) is 28.7 Å². The van der Waals surface area contributed by atoms with Gasteiger partial charge in [-0.25, -0.2) is 4.68 Å². The van der Waals surface area contributed by atoms with Crippen molar-refractivity contribution in [3.63, 3.8) is 0 Å². The molecule has 5 heteroatoms. The molecule has 0 amide bonds. The summed E-state index contributed by atoms with van der Waals surface area (Å²) < 4.78 is 1.63. The molecule has 0 saturated carbocycles. The fraction of sp³-hybridized carbons (Fsp3) is 0.133. The lowest BCUT2D eigenvalue weighted by molar-refractivity contribution is 0.101. The number of pyridine rings is 1. The Balaban J connectivity index is 2.35. The summed E-state index contributed by atoms with van der Waals surface area (Å²) in [5, 5.41) is 5.12. The summed E-state index contributed by atoms with van der Waals surface area (Å²) in [6.07, 6.45) is 1.54. The number of Topliss-reactive ketones (excluding diaryl/α,β-unsaturated/α-hetero) is 1. The summed E-state index contributed by atoms with van der Waals surface area (Å²) in [4.78, 5) is 26.1. The number of hydrogen-bond acceptors (Lipinski definition) is 3. The second-order valence-corrected chi connectivity index (χ2v) is 4.68.